The molecule has 0 saturated heterocycles. The van der Waals surface area contributed by atoms with Crippen LogP contribution in [0.4, 0.5) is 11.4 Å². The maximum absolute atomic E-state index is 11.0. The van der Waals surface area contributed by atoms with E-state index >= 15 is 0 Å². The average molecular weight is 308 g/mol. The molecule has 0 aliphatic rings. The third-order valence-electron chi connectivity index (χ3n) is 2.75. The van der Waals surface area contributed by atoms with E-state index in [-0.39, 0.29) is 12.4 Å². The number of anilines is 2. The van der Waals surface area contributed by atoms with Gasteiger partial charge in [0.05, 0.1) is 6.26 Å². The van der Waals surface area contributed by atoms with Crippen LogP contribution in [-0.2, 0) is 10.0 Å². The summed E-state index contributed by atoms with van der Waals surface area (Å²) in [6.45, 7) is 5.84. The normalized spacial score (nSPS) is 10.9. The Hall–Kier alpha value is -0.980. The summed E-state index contributed by atoms with van der Waals surface area (Å²) < 4.78 is 24.5. The molecular formula is C12H22ClN3O2S. The molecule has 0 spiro atoms. The second kappa shape index (κ2) is 7.57. The predicted molar refractivity (Wildman–Crippen MR) is 83.6 cm³/mol. The fourth-order valence-corrected chi connectivity index (χ4v) is 2.15. The summed E-state index contributed by atoms with van der Waals surface area (Å²) in [7, 11) is -3.12. The van der Waals surface area contributed by atoms with E-state index in [1.54, 1.807) is 0 Å². The lowest BCUT2D eigenvalue weighted by Crippen LogP contribution is -2.34. The van der Waals surface area contributed by atoms with Gasteiger partial charge in [0, 0.05) is 31.0 Å². The molecule has 0 amide bonds. The van der Waals surface area contributed by atoms with Crippen LogP contribution >= 0.6 is 12.4 Å². The molecule has 3 N–H and O–H groups in total. The van der Waals surface area contributed by atoms with Gasteiger partial charge >= 0.3 is 0 Å². The number of nitrogens with zero attached hydrogens (tertiary/aromatic N) is 1. The Morgan fingerprint density at radius 3 is 2.47 bits per heavy atom. The van der Waals surface area contributed by atoms with Crippen molar-refractivity contribution in [2.24, 2.45) is 0 Å². The van der Waals surface area contributed by atoms with E-state index in [2.05, 4.69) is 9.62 Å². The number of nitrogens with one attached hydrogen (secondary N) is 1. The number of benzene rings is 1. The van der Waals surface area contributed by atoms with E-state index in [0.717, 1.165) is 29.7 Å². The van der Waals surface area contributed by atoms with Crippen LogP contribution in [0.15, 0.2) is 18.2 Å². The molecule has 0 radical (unpaired) electrons. The Bertz CT molecular complexity index is 506. The van der Waals surface area contributed by atoms with Crippen molar-refractivity contribution in [3.05, 3.63) is 23.8 Å². The molecule has 7 heteroatoms. The molecule has 0 aliphatic heterocycles. The molecule has 19 heavy (non-hydrogen) atoms. The third-order valence-corrected chi connectivity index (χ3v) is 3.47. The molecular weight excluding hydrogens is 286 g/mol. The van der Waals surface area contributed by atoms with Crippen molar-refractivity contribution in [1.82, 2.24) is 4.72 Å². The molecule has 110 valence electrons. The van der Waals surface area contributed by atoms with Crippen molar-refractivity contribution in [3.63, 3.8) is 0 Å². The quantitative estimate of drug-likeness (QED) is 0.779. The van der Waals surface area contributed by atoms with Crippen LogP contribution < -0.4 is 15.4 Å². The summed E-state index contributed by atoms with van der Waals surface area (Å²) in [6.07, 6.45) is 1.16. The van der Waals surface area contributed by atoms with Crippen LogP contribution in [0.5, 0.6) is 0 Å². The predicted octanol–water partition coefficient (Wildman–Crippen LogP) is 1.37. The van der Waals surface area contributed by atoms with Gasteiger partial charge in [-0.3, -0.25) is 0 Å². The number of nitrogen functional groups attached to an aromatic ring is 1. The summed E-state index contributed by atoms with van der Waals surface area (Å²) in [5.74, 6) is 0. The summed E-state index contributed by atoms with van der Waals surface area (Å²) in [5, 5.41) is 0. The SMILES string of the molecule is CCN(CCNS(C)(=O)=O)c1ccc(N)c(C)c1.Cl. The highest BCUT2D eigenvalue weighted by molar-refractivity contribution is 7.88. The molecule has 5 nitrogen and oxygen atoms in total. The highest BCUT2D eigenvalue weighted by atomic mass is 35.5. The summed E-state index contributed by atoms with van der Waals surface area (Å²) in [6, 6.07) is 5.84. The smallest absolute Gasteiger partial charge is 0.208 e. The molecule has 0 aromatic heterocycles. The Morgan fingerprint density at radius 1 is 1.37 bits per heavy atom. The average Bonchev–Trinajstić information content (AvgIpc) is 2.27. The Morgan fingerprint density at radius 2 is 2.00 bits per heavy atom. The molecule has 1 aromatic carbocycles. The minimum absolute atomic E-state index is 0. The van der Waals surface area contributed by atoms with E-state index in [9.17, 15) is 8.42 Å². The van der Waals surface area contributed by atoms with Crippen molar-refractivity contribution in [1.29, 1.82) is 0 Å². The largest absolute Gasteiger partial charge is 0.399 e. The number of hydrogen-bond acceptors (Lipinski definition) is 4. The monoisotopic (exact) mass is 307 g/mol. The molecule has 0 saturated carbocycles. The molecule has 0 aliphatic carbocycles. The second-order valence-electron chi connectivity index (χ2n) is 4.29. The van der Waals surface area contributed by atoms with Gasteiger partial charge in [0.15, 0.2) is 0 Å². The topological polar surface area (TPSA) is 75.4 Å². The fourth-order valence-electron chi connectivity index (χ4n) is 1.69. The number of rotatable bonds is 6. The van der Waals surface area contributed by atoms with Crippen LogP contribution in [0.2, 0.25) is 0 Å². The van der Waals surface area contributed by atoms with Crippen LogP contribution in [0.25, 0.3) is 0 Å². The molecule has 0 heterocycles. The number of halogens is 1. The van der Waals surface area contributed by atoms with Gasteiger partial charge in [-0.1, -0.05) is 0 Å². The molecule has 1 rings (SSSR count). The summed E-state index contributed by atoms with van der Waals surface area (Å²) in [5.41, 5.74) is 8.63. The van der Waals surface area contributed by atoms with Gasteiger partial charge in [-0.25, -0.2) is 13.1 Å². The zero-order chi connectivity index (χ0) is 13.8. The number of aryl methyl sites for hydroxylation is 1. The maximum Gasteiger partial charge on any atom is 0.208 e. The molecule has 1 aromatic rings. The lowest BCUT2D eigenvalue weighted by Gasteiger charge is -2.23. The lowest BCUT2D eigenvalue weighted by atomic mass is 10.1. The van der Waals surface area contributed by atoms with Crippen molar-refractivity contribution >= 4 is 33.8 Å². The van der Waals surface area contributed by atoms with Gasteiger partial charge in [-0.15, -0.1) is 12.4 Å². The Kier molecular flexibility index (Phi) is 7.18. The van der Waals surface area contributed by atoms with Gasteiger partial charge in [-0.2, -0.15) is 0 Å². The fraction of sp³-hybridized carbons (Fsp3) is 0.500. The van der Waals surface area contributed by atoms with Crippen LogP contribution in [0, 0.1) is 6.92 Å². The van der Waals surface area contributed by atoms with Gasteiger partial charge in [0.25, 0.3) is 0 Å². The van der Waals surface area contributed by atoms with Crippen molar-refractivity contribution in [2.45, 2.75) is 13.8 Å². The maximum atomic E-state index is 11.0. The minimum Gasteiger partial charge on any atom is -0.399 e. The van der Waals surface area contributed by atoms with E-state index in [0.29, 0.717) is 13.1 Å². The number of nitrogens with two attached hydrogens (primary N) is 1. The van der Waals surface area contributed by atoms with Gasteiger partial charge in [0.1, 0.15) is 0 Å². The van der Waals surface area contributed by atoms with E-state index in [4.69, 9.17) is 5.73 Å². The van der Waals surface area contributed by atoms with Gasteiger partial charge in [-0.05, 0) is 37.6 Å². The van der Waals surface area contributed by atoms with Gasteiger partial charge < -0.3 is 10.6 Å². The van der Waals surface area contributed by atoms with E-state index in [1.807, 2.05) is 32.0 Å². The molecule has 0 fully saturated rings. The zero-order valence-electron chi connectivity index (χ0n) is 11.5. The zero-order valence-corrected chi connectivity index (χ0v) is 13.1. The van der Waals surface area contributed by atoms with Crippen LogP contribution in [-0.4, -0.2) is 34.3 Å². The van der Waals surface area contributed by atoms with Crippen molar-refractivity contribution in [2.75, 3.05) is 36.5 Å². The van der Waals surface area contributed by atoms with Gasteiger partial charge in [0.2, 0.25) is 10.0 Å². The third kappa shape index (κ3) is 6.13. The van der Waals surface area contributed by atoms with Crippen molar-refractivity contribution < 1.29 is 8.42 Å². The lowest BCUT2D eigenvalue weighted by molar-refractivity contribution is 0.587. The Labute approximate surface area is 121 Å². The van der Waals surface area contributed by atoms with Crippen molar-refractivity contribution in [3.8, 4) is 0 Å². The second-order valence-corrected chi connectivity index (χ2v) is 6.12. The standard InChI is InChI=1S/C12H21N3O2S.ClH/c1-4-15(8-7-14-18(3,16)17)11-5-6-12(13)10(2)9-11;/h5-6,9,14H,4,7-8,13H2,1-3H3;1H. The highest BCUT2D eigenvalue weighted by Crippen LogP contribution is 2.20. The molecule has 0 atom stereocenters. The first kappa shape index (κ1) is 18.0. The molecule has 0 bridgehead atoms. The number of hydrogen-bond donors (Lipinski definition) is 2. The highest BCUT2D eigenvalue weighted by Gasteiger charge is 2.07. The first-order valence-electron chi connectivity index (χ1n) is 5.89. The van der Waals surface area contributed by atoms with E-state index < -0.39 is 10.0 Å². The first-order valence-corrected chi connectivity index (χ1v) is 7.78. The van der Waals surface area contributed by atoms with E-state index in [1.165, 1.54) is 0 Å². The van der Waals surface area contributed by atoms with Crippen LogP contribution in [0.3, 0.4) is 0 Å². The summed E-state index contributed by atoms with van der Waals surface area (Å²) >= 11 is 0. The number of likely N-dealkylation sites (N-methyl/N-ethyl adjacent to an activating group) is 1. The number of sulfonamides is 1. The first-order chi connectivity index (χ1) is 8.33. The van der Waals surface area contributed by atoms with Crippen LogP contribution in [0.1, 0.15) is 12.5 Å². The minimum atomic E-state index is -3.12. The Balaban J connectivity index is 0.00000324. The summed E-state index contributed by atoms with van der Waals surface area (Å²) in [4.78, 5) is 2.10. The molecule has 0 unspecified atom stereocenters.